The van der Waals surface area contributed by atoms with Crippen LogP contribution in [0.3, 0.4) is 0 Å². The molecule has 4 rings (SSSR count). The zero-order chi connectivity index (χ0) is 19.3. The Hall–Kier alpha value is -3.18. The molecule has 0 spiro atoms. The van der Waals surface area contributed by atoms with Crippen LogP contribution in [-0.4, -0.2) is 37.2 Å². The Morgan fingerprint density at radius 1 is 1.00 bits per heavy atom. The minimum absolute atomic E-state index is 0.164. The molecule has 0 bridgehead atoms. The second-order valence-electron chi connectivity index (χ2n) is 6.85. The highest BCUT2D eigenvalue weighted by Crippen LogP contribution is 2.22. The molecule has 28 heavy (non-hydrogen) atoms. The van der Waals surface area contributed by atoms with Crippen LogP contribution in [0.4, 0.5) is 11.4 Å². The summed E-state index contributed by atoms with van der Waals surface area (Å²) in [4.78, 5) is 19.3. The summed E-state index contributed by atoms with van der Waals surface area (Å²) in [6, 6.07) is 19.7. The second kappa shape index (κ2) is 8.23. The Labute approximate surface area is 165 Å². The highest BCUT2D eigenvalue weighted by Gasteiger charge is 2.12. The predicted molar refractivity (Wildman–Crippen MR) is 112 cm³/mol. The standard InChI is InChI=1S/C23H23N3O2/c1-17-4-2-3-5-21(17)22-11-6-18(16-24-22)23(27)25-19-7-9-20(10-8-19)26-12-14-28-15-13-26/h2-11,16H,12-15H2,1H3,(H,25,27). The quantitative estimate of drug-likeness (QED) is 0.747. The fourth-order valence-electron chi connectivity index (χ4n) is 3.33. The average molecular weight is 373 g/mol. The number of benzene rings is 2. The van der Waals surface area contributed by atoms with Crippen molar-refractivity contribution >= 4 is 17.3 Å². The number of hydrogen-bond donors (Lipinski definition) is 1. The summed E-state index contributed by atoms with van der Waals surface area (Å²) in [5.41, 5.74) is 5.55. The van der Waals surface area contributed by atoms with Crippen molar-refractivity contribution in [3.05, 3.63) is 78.0 Å². The maximum absolute atomic E-state index is 12.5. The summed E-state index contributed by atoms with van der Waals surface area (Å²) in [6.07, 6.45) is 1.62. The van der Waals surface area contributed by atoms with Crippen molar-refractivity contribution in [1.29, 1.82) is 0 Å². The number of ether oxygens (including phenoxy) is 1. The van der Waals surface area contributed by atoms with Gasteiger partial charge in [-0.3, -0.25) is 9.78 Å². The van der Waals surface area contributed by atoms with E-state index in [1.807, 2.05) is 54.6 Å². The summed E-state index contributed by atoms with van der Waals surface area (Å²) >= 11 is 0. The molecule has 5 nitrogen and oxygen atoms in total. The van der Waals surface area contributed by atoms with Gasteiger partial charge in [0.15, 0.2) is 0 Å². The van der Waals surface area contributed by atoms with Gasteiger partial charge in [0.05, 0.1) is 24.5 Å². The fraction of sp³-hybridized carbons (Fsp3) is 0.217. The van der Waals surface area contributed by atoms with E-state index in [0.29, 0.717) is 5.56 Å². The smallest absolute Gasteiger partial charge is 0.257 e. The molecule has 0 unspecified atom stereocenters. The molecule has 0 atom stereocenters. The number of carbonyl (C=O) groups excluding carboxylic acids is 1. The minimum Gasteiger partial charge on any atom is -0.378 e. The Balaban J connectivity index is 1.43. The van der Waals surface area contributed by atoms with E-state index < -0.39 is 0 Å². The number of hydrogen-bond acceptors (Lipinski definition) is 4. The average Bonchev–Trinajstić information content (AvgIpc) is 2.75. The van der Waals surface area contributed by atoms with Crippen LogP contribution < -0.4 is 10.2 Å². The second-order valence-corrected chi connectivity index (χ2v) is 6.85. The van der Waals surface area contributed by atoms with Crippen molar-refractivity contribution in [2.75, 3.05) is 36.5 Å². The van der Waals surface area contributed by atoms with Gasteiger partial charge in [0.1, 0.15) is 0 Å². The molecule has 1 aromatic heterocycles. The van der Waals surface area contributed by atoms with E-state index in [1.165, 1.54) is 0 Å². The summed E-state index contributed by atoms with van der Waals surface area (Å²) < 4.78 is 5.39. The van der Waals surface area contributed by atoms with Crippen molar-refractivity contribution in [2.24, 2.45) is 0 Å². The lowest BCUT2D eigenvalue weighted by molar-refractivity contribution is 0.102. The van der Waals surface area contributed by atoms with Crippen LogP contribution in [0.1, 0.15) is 15.9 Å². The van der Waals surface area contributed by atoms with Crippen LogP contribution in [0.25, 0.3) is 11.3 Å². The lowest BCUT2D eigenvalue weighted by atomic mass is 10.0. The molecule has 1 saturated heterocycles. The Bertz CT molecular complexity index is 946. The molecular formula is C23H23N3O2. The molecule has 5 heteroatoms. The molecule has 142 valence electrons. The molecule has 1 N–H and O–H groups in total. The largest absolute Gasteiger partial charge is 0.378 e. The van der Waals surface area contributed by atoms with E-state index in [-0.39, 0.29) is 5.91 Å². The van der Waals surface area contributed by atoms with E-state index in [0.717, 1.165) is 54.5 Å². The van der Waals surface area contributed by atoms with Crippen LogP contribution in [0, 0.1) is 6.92 Å². The number of aryl methyl sites for hydroxylation is 1. The van der Waals surface area contributed by atoms with Crippen LogP contribution in [0.5, 0.6) is 0 Å². The molecule has 3 aromatic rings. The lowest BCUT2D eigenvalue weighted by Gasteiger charge is -2.28. The van der Waals surface area contributed by atoms with Gasteiger partial charge in [-0.2, -0.15) is 0 Å². The number of pyridine rings is 1. The van der Waals surface area contributed by atoms with Crippen molar-refractivity contribution in [1.82, 2.24) is 4.98 Å². The van der Waals surface area contributed by atoms with Gasteiger partial charge >= 0.3 is 0 Å². The molecule has 1 aliphatic rings. The molecule has 1 fully saturated rings. The van der Waals surface area contributed by atoms with Gasteiger partial charge in [0.25, 0.3) is 5.91 Å². The maximum Gasteiger partial charge on any atom is 0.257 e. The van der Waals surface area contributed by atoms with E-state index in [1.54, 1.807) is 6.20 Å². The summed E-state index contributed by atoms with van der Waals surface area (Å²) in [6.45, 7) is 5.35. The highest BCUT2D eigenvalue weighted by atomic mass is 16.5. The molecule has 1 amide bonds. The van der Waals surface area contributed by atoms with E-state index >= 15 is 0 Å². The monoisotopic (exact) mass is 373 g/mol. The van der Waals surface area contributed by atoms with E-state index in [4.69, 9.17) is 4.74 Å². The van der Waals surface area contributed by atoms with E-state index in [2.05, 4.69) is 28.2 Å². The molecule has 2 aromatic carbocycles. The van der Waals surface area contributed by atoms with Crippen LogP contribution >= 0.6 is 0 Å². The summed E-state index contributed by atoms with van der Waals surface area (Å²) in [5.74, 6) is -0.164. The number of rotatable bonds is 4. The number of carbonyl (C=O) groups is 1. The number of nitrogens with zero attached hydrogens (tertiary/aromatic N) is 2. The van der Waals surface area contributed by atoms with Gasteiger partial charge in [-0.05, 0) is 48.9 Å². The normalized spacial score (nSPS) is 14.0. The topological polar surface area (TPSA) is 54.5 Å². The number of amides is 1. The zero-order valence-corrected chi connectivity index (χ0v) is 15.9. The molecule has 0 aliphatic carbocycles. The first-order valence-electron chi connectivity index (χ1n) is 9.47. The van der Waals surface area contributed by atoms with Gasteiger partial charge < -0.3 is 15.0 Å². The molecule has 0 saturated carbocycles. The van der Waals surface area contributed by atoms with Crippen molar-refractivity contribution in [3.63, 3.8) is 0 Å². The first kappa shape index (κ1) is 18.2. The van der Waals surface area contributed by atoms with Gasteiger partial charge in [0, 0.05) is 36.2 Å². The number of anilines is 2. The highest BCUT2D eigenvalue weighted by molar-refractivity contribution is 6.04. The van der Waals surface area contributed by atoms with Crippen LogP contribution in [0.2, 0.25) is 0 Å². The molecule has 2 heterocycles. The van der Waals surface area contributed by atoms with Gasteiger partial charge in [0.2, 0.25) is 0 Å². The minimum atomic E-state index is -0.164. The van der Waals surface area contributed by atoms with Crippen molar-refractivity contribution < 1.29 is 9.53 Å². The third kappa shape index (κ3) is 4.05. The van der Waals surface area contributed by atoms with Gasteiger partial charge in [-0.25, -0.2) is 0 Å². The number of nitrogens with one attached hydrogen (secondary N) is 1. The maximum atomic E-state index is 12.5. The molecule has 0 radical (unpaired) electrons. The fourth-order valence-corrected chi connectivity index (χ4v) is 3.33. The third-order valence-corrected chi connectivity index (χ3v) is 4.95. The zero-order valence-electron chi connectivity index (χ0n) is 15.9. The third-order valence-electron chi connectivity index (χ3n) is 4.95. The van der Waals surface area contributed by atoms with Crippen molar-refractivity contribution in [2.45, 2.75) is 6.92 Å². The first-order valence-corrected chi connectivity index (χ1v) is 9.47. The van der Waals surface area contributed by atoms with Gasteiger partial charge in [-0.15, -0.1) is 0 Å². The van der Waals surface area contributed by atoms with Gasteiger partial charge in [-0.1, -0.05) is 24.3 Å². The first-order chi connectivity index (χ1) is 13.7. The van der Waals surface area contributed by atoms with Crippen LogP contribution in [0.15, 0.2) is 66.9 Å². The lowest BCUT2D eigenvalue weighted by Crippen LogP contribution is -2.36. The number of morpholine rings is 1. The Kier molecular flexibility index (Phi) is 5.35. The van der Waals surface area contributed by atoms with E-state index in [9.17, 15) is 4.79 Å². The van der Waals surface area contributed by atoms with Crippen molar-refractivity contribution in [3.8, 4) is 11.3 Å². The summed E-state index contributed by atoms with van der Waals surface area (Å²) in [5, 5.41) is 2.94. The Morgan fingerprint density at radius 2 is 1.75 bits per heavy atom. The summed E-state index contributed by atoms with van der Waals surface area (Å²) in [7, 11) is 0. The number of aromatic nitrogens is 1. The SMILES string of the molecule is Cc1ccccc1-c1ccc(C(=O)Nc2ccc(N3CCOCC3)cc2)cn1. The molecular weight excluding hydrogens is 350 g/mol. The Morgan fingerprint density at radius 3 is 2.43 bits per heavy atom. The molecule has 1 aliphatic heterocycles. The predicted octanol–water partition coefficient (Wildman–Crippen LogP) is 4.15. The van der Waals surface area contributed by atoms with Crippen LogP contribution in [-0.2, 0) is 4.74 Å².